The Hall–Kier alpha value is -3.10. The number of alkyl halides is 6. The molecule has 6 nitrogen and oxygen atoms in total. The van der Waals surface area contributed by atoms with Crippen LogP contribution in [-0.2, 0) is 12.4 Å². The minimum absolute atomic E-state index is 0.231. The van der Waals surface area contributed by atoms with Crippen molar-refractivity contribution in [3.63, 3.8) is 0 Å². The molecule has 24 heavy (non-hydrogen) atoms. The first-order valence-electron chi connectivity index (χ1n) is 6.02. The largest absolute Gasteiger partial charge is 0.418 e. The Morgan fingerprint density at radius 1 is 1.17 bits per heavy atom. The maximum Gasteiger partial charge on any atom is 0.418 e. The van der Waals surface area contributed by atoms with E-state index in [2.05, 4.69) is 15.4 Å². The number of tetrazole rings is 1. The highest BCUT2D eigenvalue weighted by molar-refractivity contribution is 5.74. The molecule has 1 heterocycles. The summed E-state index contributed by atoms with van der Waals surface area (Å²) in [4.78, 5) is 0. The number of allylic oxidation sites excluding steroid dienone is 1. The van der Waals surface area contributed by atoms with Crippen LogP contribution >= 0.6 is 0 Å². The molecular formula is C12H6F6N6. The van der Waals surface area contributed by atoms with Crippen LogP contribution in [0, 0.1) is 11.3 Å². The number of nitrogens with one attached hydrogen (secondary N) is 2. The van der Waals surface area contributed by atoms with Crippen LogP contribution in [-0.4, -0.2) is 20.6 Å². The number of nitrogens with zero attached hydrogens (tertiary/aromatic N) is 4. The summed E-state index contributed by atoms with van der Waals surface area (Å²) in [6.45, 7) is 0. The molecular weight excluding hydrogens is 342 g/mol. The minimum atomic E-state index is -4.89. The normalized spacial score (nSPS) is 12.8. The second-order valence-corrected chi connectivity index (χ2v) is 4.31. The zero-order valence-electron chi connectivity index (χ0n) is 11.4. The summed E-state index contributed by atoms with van der Waals surface area (Å²) in [6, 6.07) is 2.51. The van der Waals surface area contributed by atoms with Crippen molar-refractivity contribution in [2.45, 2.75) is 12.4 Å². The first-order valence-corrected chi connectivity index (χ1v) is 6.02. The van der Waals surface area contributed by atoms with Crippen molar-refractivity contribution in [1.29, 1.82) is 5.26 Å². The fourth-order valence-corrected chi connectivity index (χ4v) is 1.66. The Balaban J connectivity index is 2.45. The van der Waals surface area contributed by atoms with Crippen LogP contribution in [0.4, 0.5) is 32.0 Å². The quantitative estimate of drug-likeness (QED) is 0.657. The standard InChI is InChI=1S/C12H6F6N6/c13-11(14,15)7-1-2-8(12(16,17)18)9(3-7)20-5-6(4-19)10-21-23-24-22-10/h1-3,5,20H,(H,21,22,23,24). The average Bonchev–Trinajstić information content (AvgIpc) is 3.00. The van der Waals surface area contributed by atoms with E-state index < -0.39 is 29.2 Å². The highest BCUT2D eigenvalue weighted by Gasteiger charge is 2.37. The predicted molar refractivity (Wildman–Crippen MR) is 67.8 cm³/mol. The third-order valence-corrected chi connectivity index (χ3v) is 2.73. The molecule has 126 valence electrons. The maximum absolute atomic E-state index is 12.9. The lowest BCUT2D eigenvalue weighted by molar-refractivity contribution is -0.140. The molecule has 1 aromatic carbocycles. The average molecular weight is 348 g/mol. The molecule has 0 spiro atoms. The fraction of sp³-hybridized carbons (Fsp3) is 0.167. The Bertz CT molecular complexity index is 784. The van der Waals surface area contributed by atoms with Gasteiger partial charge in [0.25, 0.3) is 0 Å². The van der Waals surface area contributed by atoms with Gasteiger partial charge in [-0.15, -0.1) is 10.2 Å². The zero-order chi connectivity index (χ0) is 18.0. The molecule has 0 atom stereocenters. The first-order chi connectivity index (χ1) is 11.1. The van der Waals surface area contributed by atoms with Gasteiger partial charge in [-0.3, -0.25) is 0 Å². The third kappa shape index (κ3) is 3.80. The molecule has 2 N–H and O–H groups in total. The lowest BCUT2D eigenvalue weighted by atomic mass is 10.1. The fourth-order valence-electron chi connectivity index (χ4n) is 1.66. The minimum Gasteiger partial charge on any atom is -0.360 e. The van der Waals surface area contributed by atoms with Crippen molar-refractivity contribution < 1.29 is 26.3 Å². The van der Waals surface area contributed by atoms with Crippen molar-refractivity contribution >= 4 is 11.3 Å². The molecule has 2 aromatic rings. The lowest BCUT2D eigenvalue weighted by Gasteiger charge is -2.15. The summed E-state index contributed by atoms with van der Waals surface area (Å²) in [6.07, 6.45) is -8.95. The van der Waals surface area contributed by atoms with Gasteiger partial charge in [-0.25, -0.2) is 0 Å². The second-order valence-electron chi connectivity index (χ2n) is 4.31. The van der Waals surface area contributed by atoms with Crippen LogP contribution in [0.15, 0.2) is 24.4 Å². The number of aromatic amines is 1. The molecule has 0 aliphatic heterocycles. The van der Waals surface area contributed by atoms with E-state index in [4.69, 9.17) is 5.26 Å². The van der Waals surface area contributed by atoms with Gasteiger partial charge in [0.1, 0.15) is 11.6 Å². The van der Waals surface area contributed by atoms with E-state index in [1.54, 1.807) is 6.07 Å². The van der Waals surface area contributed by atoms with Crippen molar-refractivity contribution in [2.75, 3.05) is 5.32 Å². The number of halogens is 6. The summed E-state index contributed by atoms with van der Waals surface area (Å²) < 4.78 is 76.8. The molecule has 1 aromatic heterocycles. The smallest absolute Gasteiger partial charge is 0.360 e. The number of aromatic nitrogens is 4. The van der Waals surface area contributed by atoms with Gasteiger partial charge in [-0.2, -0.15) is 36.8 Å². The van der Waals surface area contributed by atoms with E-state index in [0.717, 1.165) is 6.20 Å². The molecule has 0 aliphatic carbocycles. The van der Waals surface area contributed by atoms with Gasteiger partial charge >= 0.3 is 12.4 Å². The van der Waals surface area contributed by atoms with Crippen molar-refractivity contribution in [2.24, 2.45) is 0 Å². The van der Waals surface area contributed by atoms with Crippen molar-refractivity contribution in [1.82, 2.24) is 20.6 Å². The molecule has 0 saturated heterocycles. The number of hydrogen-bond donors (Lipinski definition) is 2. The molecule has 0 radical (unpaired) electrons. The number of rotatable bonds is 3. The first kappa shape index (κ1) is 17.3. The van der Waals surface area contributed by atoms with Gasteiger partial charge in [0.15, 0.2) is 0 Å². The maximum atomic E-state index is 12.9. The summed E-state index contributed by atoms with van der Waals surface area (Å²) in [7, 11) is 0. The summed E-state index contributed by atoms with van der Waals surface area (Å²) in [5, 5.41) is 23.0. The van der Waals surface area contributed by atoms with Gasteiger partial charge in [0, 0.05) is 6.20 Å². The number of anilines is 1. The molecule has 0 amide bonds. The SMILES string of the molecule is N#CC(=CNc1cc(C(F)(F)F)ccc1C(F)(F)F)c1nn[nH]n1. The van der Waals surface area contributed by atoms with Crippen LogP contribution in [0.2, 0.25) is 0 Å². The number of benzene rings is 1. The Labute approximate surface area is 129 Å². The van der Waals surface area contributed by atoms with Gasteiger partial charge in [0.2, 0.25) is 5.82 Å². The molecule has 0 fully saturated rings. The van der Waals surface area contributed by atoms with E-state index in [1.165, 1.54) is 0 Å². The van der Waals surface area contributed by atoms with E-state index in [1.807, 2.05) is 10.5 Å². The molecule has 0 bridgehead atoms. The van der Waals surface area contributed by atoms with Crippen LogP contribution < -0.4 is 5.32 Å². The van der Waals surface area contributed by atoms with Gasteiger partial charge in [-0.05, 0) is 23.4 Å². The third-order valence-electron chi connectivity index (χ3n) is 2.73. The van der Waals surface area contributed by atoms with Gasteiger partial charge in [-0.1, -0.05) is 0 Å². The lowest BCUT2D eigenvalue weighted by Crippen LogP contribution is -2.12. The van der Waals surface area contributed by atoms with Gasteiger partial charge in [0.05, 0.1) is 16.8 Å². The highest BCUT2D eigenvalue weighted by atomic mass is 19.4. The van der Waals surface area contributed by atoms with Gasteiger partial charge < -0.3 is 5.32 Å². The molecule has 0 unspecified atom stereocenters. The Morgan fingerprint density at radius 3 is 2.38 bits per heavy atom. The number of H-pyrrole nitrogens is 1. The Kier molecular flexibility index (Phi) is 4.45. The van der Waals surface area contributed by atoms with Crippen LogP contribution in [0.1, 0.15) is 17.0 Å². The van der Waals surface area contributed by atoms with Crippen molar-refractivity contribution in [3.05, 3.63) is 41.4 Å². The number of hydrogen-bond acceptors (Lipinski definition) is 5. The Morgan fingerprint density at radius 2 is 1.88 bits per heavy atom. The summed E-state index contributed by atoms with van der Waals surface area (Å²) in [5.74, 6) is -0.231. The van der Waals surface area contributed by atoms with E-state index >= 15 is 0 Å². The summed E-state index contributed by atoms with van der Waals surface area (Å²) in [5.41, 5.74) is -3.79. The topological polar surface area (TPSA) is 90.3 Å². The molecule has 0 aliphatic rings. The van der Waals surface area contributed by atoms with Crippen LogP contribution in [0.25, 0.3) is 5.57 Å². The number of nitriles is 1. The molecule has 2 rings (SSSR count). The van der Waals surface area contributed by atoms with Crippen LogP contribution in [0.3, 0.4) is 0 Å². The van der Waals surface area contributed by atoms with E-state index in [9.17, 15) is 26.3 Å². The van der Waals surface area contributed by atoms with E-state index in [0.29, 0.717) is 18.2 Å². The van der Waals surface area contributed by atoms with E-state index in [-0.39, 0.29) is 11.4 Å². The highest BCUT2D eigenvalue weighted by Crippen LogP contribution is 2.39. The summed E-state index contributed by atoms with van der Waals surface area (Å²) >= 11 is 0. The second kappa shape index (κ2) is 6.19. The predicted octanol–water partition coefficient (Wildman–Crippen LogP) is 3.21. The molecule has 0 saturated carbocycles. The monoisotopic (exact) mass is 348 g/mol. The van der Waals surface area contributed by atoms with Crippen molar-refractivity contribution in [3.8, 4) is 6.07 Å². The molecule has 12 heteroatoms. The van der Waals surface area contributed by atoms with Crippen LogP contribution in [0.5, 0.6) is 0 Å². The zero-order valence-corrected chi connectivity index (χ0v) is 11.4.